The fourth-order valence-corrected chi connectivity index (χ4v) is 4.09. The van der Waals surface area contributed by atoms with Gasteiger partial charge in [0.25, 0.3) is 0 Å². The summed E-state index contributed by atoms with van der Waals surface area (Å²) < 4.78 is 0. The molecule has 2 unspecified atom stereocenters. The molecule has 2 nitrogen and oxygen atoms in total. The summed E-state index contributed by atoms with van der Waals surface area (Å²) in [5.41, 5.74) is 1.02. The summed E-state index contributed by atoms with van der Waals surface area (Å²) in [6, 6.07) is 2.78. The molecule has 2 rings (SSSR count). The second-order valence-corrected chi connectivity index (χ2v) is 7.03. The SMILES string of the molecule is CC1SCCN(Cc2cc(C#CCO)cs2)C1C. The van der Waals surface area contributed by atoms with E-state index in [1.807, 2.05) is 0 Å². The Morgan fingerprint density at radius 3 is 3.11 bits per heavy atom. The molecule has 0 amide bonds. The van der Waals surface area contributed by atoms with Crippen LogP contribution in [0.4, 0.5) is 0 Å². The largest absolute Gasteiger partial charge is 0.384 e. The third-order valence-corrected chi connectivity index (χ3v) is 5.60. The van der Waals surface area contributed by atoms with Crippen LogP contribution in [-0.4, -0.2) is 40.2 Å². The first-order chi connectivity index (χ1) is 8.70. The van der Waals surface area contributed by atoms with Crippen molar-refractivity contribution < 1.29 is 5.11 Å². The Balaban J connectivity index is 1.98. The highest BCUT2D eigenvalue weighted by Crippen LogP contribution is 2.26. The lowest BCUT2D eigenvalue weighted by Crippen LogP contribution is -2.43. The molecule has 1 aromatic rings. The third kappa shape index (κ3) is 3.52. The summed E-state index contributed by atoms with van der Waals surface area (Å²) in [4.78, 5) is 3.92. The molecule has 2 heterocycles. The summed E-state index contributed by atoms with van der Waals surface area (Å²) in [6.45, 7) is 6.76. The summed E-state index contributed by atoms with van der Waals surface area (Å²) in [5.74, 6) is 6.88. The van der Waals surface area contributed by atoms with Gasteiger partial charge in [0, 0.05) is 46.0 Å². The van der Waals surface area contributed by atoms with Crippen molar-refractivity contribution in [2.45, 2.75) is 31.7 Å². The minimum atomic E-state index is -0.0664. The highest BCUT2D eigenvalue weighted by atomic mass is 32.2. The topological polar surface area (TPSA) is 23.5 Å². The zero-order valence-corrected chi connectivity index (χ0v) is 12.5. The molecule has 0 saturated carbocycles. The van der Waals surface area contributed by atoms with E-state index in [0.29, 0.717) is 11.3 Å². The van der Waals surface area contributed by atoms with Crippen LogP contribution < -0.4 is 0 Å². The van der Waals surface area contributed by atoms with E-state index in [9.17, 15) is 0 Å². The normalized spacial score (nSPS) is 24.6. The average Bonchev–Trinajstić information content (AvgIpc) is 2.80. The van der Waals surface area contributed by atoms with E-state index in [1.54, 1.807) is 11.3 Å². The predicted molar refractivity (Wildman–Crippen MR) is 80.1 cm³/mol. The van der Waals surface area contributed by atoms with Gasteiger partial charge in [0.05, 0.1) is 0 Å². The fourth-order valence-electron chi connectivity index (χ4n) is 2.09. The molecular weight excluding hydrogens is 262 g/mol. The van der Waals surface area contributed by atoms with E-state index < -0.39 is 0 Å². The molecule has 0 bridgehead atoms. The van der Waals surface area contributed by atoms with Crippen molar-refractivity contribution in [3.8, 4) is 11.8 Å². The maximum absolute atomic E-state index is 8.68. The Morgan fingerprint density at radius 2 is 2.33 bits per heavy atom. The van der Waals surface area contributed by atoms with Crippen molar-refractivity contribution in [2.24, 2.45) is 0 Å². The van der Waals surface area contributed by atoms with Crippen LogP contribution >= 0.6 is 23.1 Å². The minimum Gasteiger partial charge on any atom is -0.384 e. The number of thiophene rings is 1. The van der Waals surface area contributed by atoms with Crippen LogP contribution in [0.2, 0.25) is 0 Å². The lowest BCUT2D eigenvalue weighted by atomic mass is 10.2. The summed E-state index contributed by atoms with van der Waals surface area (Å²) in [6.07, 6.45) is 0. The smallest absolute Gasteiger partial charge is 0.104 e. The Morgan fingerprint density at radius 1 is 1.50 bits per heavy atom. The van der Waals surface area contributed by atoms with Gasteiger partial charge in [0.1, 0.15) is 6.61 Å². The van der Waals surface area contributed by atoms with E-state index in [2.05, 4.69) is 53.8 Å². The number of rotatable bonds is 2. The molecule has 0 spiro atoms. The number of thioether (sulfide) groups is 1. The molecule has 1 N–H and O–H groups in total. The van der Waals surface area contributed by atoms with Gasteiger partial charge in [-0.25, -0.2) is 0 Å². The Hall–Kier alpha value is -0.470. The van der Waals surface area contributed by atoms with Crippen LogP contribution in [0.25, 0.3) is 0 Å². The van der Waals surface area contributed by atoms with Gasteiger partial charge in [-0.3, -0.25) is 4.90 Å². The number of nitrogens with zero attached hydrogens (tertiary/aromatic N) is 1. The van der Waals surface area contributed by atoms with Crippen molar-refractivity contribution in [1.82, 2.24) is 4.90 Å². The lowest BCUT2D eigenvalue weighted by Gasteiger charge is -2.37. The standard InChI is InChI=1S/C14H19NOS2/c1-11-12(2)17-7-5-15(11)9-14-8-13(10-18-14)4-3-6-16/h8,10-12,16H,5-7,9H2,1-2H3. The van der Waals surface area contributed by atoms with Gasteiger partial charge < -0.3 is 5.11 Å². The van der Waals surface area contributed by atoms with Gasteiger partial charge in [0.15, 0.2) is 0 Å². The molecule has 1 fully saturated rings. The molecule has 18 heavy (non-hydrogen) atoms. The molecular formula is C14H19NOS2. The van der Waals surface area contributed by atoms with Crippen molar-refractivity contribution >= 4 is 23.1 Å². The van der Waals surface area contributed by atoms with Gasteiger partial charge >= 0.3 is 0 Å². The van der Waals surface area contributed by atoms with Gasteiger partial charge in [-0.2, -0.15) is 11.8 Å². The monoisotopic (exact) mass is 281 g/mol. The highest BCUT2D eigenvalue weighted by Gasteiger charge is 2.25. The molecule has 1 aromatic heterocycles. The Kier molecular flexibility index (Phi) is 5.13. The molecule has 0 aromatic carbocycles. The van der Waals surface area contributed by atoms with E-state index in [1.165, 1.54) is 17.2 Å². The number of aliphatic hydroxyl groups is 1. The maximum atomic E-state index is 8.68. The molecule has 4 heteroatoms. The van der Waals surface area contributed by atoms with Crippen molar-refractivity contribution in [3.05, 3.63) is 21.9 Å². The van der Waals surface area contributed by atoms with Crippen LogP contribution in [0.1, 0.15) is 24.3 Å². The fraction of sp³-hybridized carbons (Fsp3) is 0.571. The summed E-state index contributed by atoms with van der Waals surface area (Å²) in [5, 5.41) is 11.5. The molecule has 0 radical (unpaired) electrons. The molecule has 1 aliphatic heterocycles. The van der Waals surface area contributed by atoms with Crippen LogP contribution in [0.3, 0.4) is 0 Å². The second kappa shape index (κ2) is 6.63. The molecule has 2 atom stereocenters. The van der Waals surface area contributed by atoms with Crippen LogP contribution in [0.15, 0.2) is 11.4 Å². The summed E-state index contributed by atoms with van der Waals surface area (Å²) >= 11 is 3.83. The Bertz CT molecular complexity index is 446. The Labute approximate surface area is 117 Å². The van der Waals surface area contributed by atoms with Crippen molar-refractivity contribution in [3.63, 3.8) is 0 Å². The van der Waals surface area contributed by atoms with Gasteiger partial charge in [-0.05, 0) is 13.0 Å². The molecule has 1 aliphatic rings. The highest BCUT2D eigenvalue weighted by molar-refractivity contribution is 8.00. The van der Waals surface area contributed by atoms with Gasteiger partial charge in [0.2, 0.25) is 0 Å². The number of hydrogen-bond donors (Lipinski definition) is 1. The van der Waals surface area contributed by atoms with Gasteiger partial charge in [-0.1, -0.05) is 18.8 Å². The van der Waals surface area contributed by atoms with Crippen LogP contribution in [0.5, 0.6) is 0 Å². The van der Waals surface area contributed by atoms with E-state index in [0.717, 1.165) is 12.1 Å². The predicted octanol–water partition coefficient (Wildman–Crippen LogP) is 2.42. The van der Waals surface area contributed by atoms with Gasteiger partial charge in [-0.15, -0.1) is 11.3 Å². The molecule has 98 valence electrons. The quantitative estimate of drug-likeness (QED) is 0.842. The summed E-state index contributed by atoms with van der Waals surface area (Å²) in [7, 11) is 0. The zero-order valence-electron chi connectivity index (χ0n) is 10.8. The first-order valence-corrected chi connectivity index (χ1v) is 8.16. The van der Waals surface area contributed by atoms with Crippen LogP contribution in [-0.2, 0) is 6.54 Å². The number of hydrogen-bond acceptors (Lipinski definition) is 4. The lowest BCUT2D eigenvalue weighted by molar-refractivity contribution is 0.206. The average molecular weight is 281 g/mol. The minimum absolute atomic E-state index is 0.0664. The van der Waals surface area contributed by atoms with Crippen molar-refractivity contribution in [1.29, 1.82) is 0 Å². The first-order valence-electron chi connectivity index (χ1n) is 6.23. The van der Waals surface area contributed by atoms with E-state index in [4.69, 9.17) is 5.11 Å². The van der Waals surface area contributed by atoms with E-state index in [-0.39, 0.29) is 6.61 Å². The first kappa shape index (κ1) is 14.0. The van der Waals surface area contributed by atoms with Crippen molar-refractivity contribution in [2.75, 3.05) is 18.9 Å². The zero-order chi connectivity index (χ0) is 13.0. The third-order valence-electron chi connectivity index (χ3n) is 3.34. The molecule has 0 aliphatic carbocycles. The van der Waals surface area contributed by atoms with E-state index >= 15 is 0 Å². The number of aliphatic hydroxyl groups excluding tert-OH is 1. The molecule has 1 saturated heterocycles. The van der Waals surface area contributed by atoms with Crippen LogP contribution in [0, 0.1) is 11.8 Å². The second-order valence-electron chi connectivity index (χ2n) is 4.55. The maximum Gasteiger partial charge on any atom is 0.104 e.